The van der Waals surface area contributed by atoms with E-state index in [9.17, 15) is 4.79 Å². The topological polar surface area (TPSA) is 41.1 Å². The first-order valence-electron chi connectivity index (χ1n) is 8.00. The fourth-order valence-corrected chi connectivity index (χ4v) is 3.40. The molecule has 0 aliphatic carbocycles. The average Bonchev–Trinajstić information content (AvgIpc) is 2.49. The standard InChI is InChI=1S/C18H24N2O/c1-13-2-7-17(18(21)20-13)16-5-3-14(4-6-16)12-15-8-10-19-11-9-15/h3-6,15,17,19H,1-2,7-12H2,(H,20,21). The lowest BCUT2D eigenvalue weighted by atomic mass is 9.87. The van der Waals surface area contributed by atoms with Crippen LogP contribution in [-0.4, -0.2) is 19.0 Å². The largest absolute Gasteiger partial charge is 0.330 e. The predicted molar refractivity (Wildman–Crippen MR) is 85.0 cm³/mol. The van der Waals surface area contributed by atoms with Crippen molar-refractivity contribution in [2.45, 2.75) is 38.0 Å². The van der Waals surface area contributed by atoms with Gasteiger partial charge in [0.15, 0.2) is 0 Å². The number of carbonyl (C=O) groups excluding carboxylic acids is 1. The fourth-order valence-electron chi connectivity index (χ4n) is 3.40. The Balaban J connectivity index is 1.63. The van der Waals surface area contributed by atoms with Crippen molar-refractivity contribution >= 4 is 5.91 Å². The highest BCUT2D eigenvalue weighted by molar-refractivity contribution is 5.86. The van der Waals surface area contributed by atoms with Crippen LogP contribution in [0.25, 0.3) is 0 Å². The second kappa shape index (κ2) is 6.44. The zero-order valence-electron chi connectivity index (χ0n) is 12.5. The molecule has 2 fully saturated rings. The quantitative estimate of drug-likeness (QED) is 0.896. The summed E-state index contributed by atoms with van der Waals surface area (Å²) >= 11 is 0. The summed E-state index contributed by atoms with van der Waals surface area (Å²) in [5.41, 5.74) is 3.37. The van der Waals surface area contributed by atoms with Crippen molar-refractivity contribution in [2.75, 3.05) is 13.1 Å². The number of carbonyl (C=O) groups is 1. The fraction of sp³-hybridized carbons (Fsp3) is 0.500. The highest BCUT2D eigenvalue weighted by Crippen LogP contribution is 2.28. The SMILES string of the molecule is C=C1CCC(c2ccc(CC3CCNCC3)cc2)C(=O)N1. The van der Waals surface area contributed by atoms with Crippen LogP contribution in [-0.2, 0) is 11.2 Å². The molecular formula is C18H24N2O. The van der Waals surface area contributed by atoms with Gasteiger partial charge in [-0.25, -0.2) is 0 Å². The zero-order chi connectivity index (χ0) is 14.7. The minimum Gasteiger partial charge on any atom is -0.330 e. The molecule has 1 unspecified atom stereocenters. The molecule has 1 amide bonds. The lowest BCUT2D eigenvalue weighted by Crippen LogP contribution is -2.33. The maximum Gasteiger partial charge on any atom is 0.231 e. The van der Waals surface area contributed by atoms with E-state index < -0.39 is 0 Å². The Bertz CT molecular complexity index is 515. The molecule has 0 radical (unpaired) electrons. The van der Waals surface area contributed by atoms with Gasteiger partial charge in [-0.05, 0) is 62.2 Å². The van der Waals surface area contributed by atoms with Crippen molar-refractivity contribution < 1.29 is 4.79 Å². The Labute approximate surface area is 126 Å². The van der Waals surface area contributed by atoms with E-state index in [0.717, 1.165) is 49.5 Å². The Kier molecular flexibility index (Phi) is 4.39. The van der Waals surface area contributed by atoms with Gasteiger partial charge >= 0.3 is 0 Å². The summed E-state index contributed by atoms with van der Waals surface area (Å²) in [6, 6.07) is 8.67. The van der Waals surface area contributed by atoms with Crippen LogP contribution in [0, 0.1) is 5.92 Å². The minimum absolute atomic E-state index is 0.0107. The van der Waals surface area contributed by atoms with Gasteiger partial charge in [0.2, 0.25) is 5.91 Å². The van der Waals surface area contributed by atoms with Crippen LogP contribution < -0.4 is 10.6 Å². The Morgan fingerprint density at radius 2 is 1.81 bits per heavy atom. The molecule has 3 heteroatoms. The number of piperidine rings is 2. The maximum atomic E-state index is 12.0. The normalized spacial score (nSPS) is 23.9. The molecular weight excluding hydrogens is 260 g/mol. The Morgan fingerprint density at radius 3 is 2.48 bits per heavy atom. The number of amides is 1. The maximum absolute atomic E-state index is 12.0. The second-order valence-electron chi connectivity index (χ2n) is 6.32. The molecule has 3 rings (SSSR count). The van der Waals surface area contributed by atoms with Gasteiger partial charge < -0.3 is 10.6 Å². The Hall–Kier alpha value is -1.61. The van der Waals surface area contributed by atoms with Gasteiger partial charge in [-0.2, -0.15) is 0 Å². The number of rotatable bonds is 3. The Morgan fingerprint density at radius 1 is 1.10 bits per heavy atom. The van der Waals surface area contributed by atoms with Crippen LogP contribution in [0.2, 0.25) is 0 Å². The number of allylic oxidation sites excluding steroid dienone is 1. The molecule has 2 heterocycles. The summed E-state index contributed by atoms with van der Waals surface area (Å²) in [5, 5.41) is 6.28. The summed E-state index contributed by atoms with van der Waals surface area (Å²) in [6.45, 7) is 6.13. The van der Waals surface area contributed by atoms with E-state index in [-0.39, 0.29) is 11.8 Å². The van der Waals surface area contributed by atoms with E-state index in [4.69, 9.17) is 0 Å². The van der Waals surface area contributed by atoms with Crippen LogP contribution in [0.5, 0.6) is 0 Å². The molecule has 2 saturated heterocycles. The van der Waals surface area contributed by atoms with Crippen LogP contribution in [0.1, 0.15) is 42.7 Å². The smallest absolute Gasteiger partial charge is 0.231 e. The number of hydrogen-bond donors (Lipinski definition) is 2. The van der Waals surface area contributed by atoms with Crippen molar-refractivity contribution in [3.8, 4) is 0 Å². The third-order valence-electron chi connectivity index (χ3n) is 4.72. The third kappa shape index (κ3) is 3.53. The van der Waals surface area contributed by atoms with Crippen molar-refractivity contribution in [2.24, 2.45) is 5.92 Å². The van der Waals surface area contributed by atoms with Gasteiger partial charge in [-0.3, -0.25) is 4.79 Å². The number of nitrogens with one attached hydrogen (secondary N) is 2. The molecule has 1 aromatic rings. The molecule has 1 atom stereocenters. The summed E-state index contributed by atoms with van der Waals surface area (Å²) < 4.78 is 0. The van der Waals surface area contributed by atoms with Crippen molar-refractivity contribution in [3.63, 3.8) is 0 Å². The summed E-state index contributed by atoms with van der Waals surface area (Å²) in [6.07, 6.45) is 5.46. The number of hydrogen-bond acceptors (Lipinski definition) is 2. The van der Waals surface area contributed by atoms with Crippen molar-refractivity contribution in [3.05, 3.63) is 47.7 Å². The second-order valence-corrected chi connectivity index (χ2v) is 6.32. The minimum atomic E-state index is -0.0107. The summed E-state index contributed by atoms with van der Waals surface area (Å²) in [5.74, 6) is 0.888. The predicted octanol–water partition coefficient (Wildman–Crippen LogP) is 2.74. The van der Waals surface area contributed by atoms with Gasteiger partial charge in [0.1, 0.15) is 0 Å². The first-order valence-corrected chi connectivity index (χ1v) is 8.00. The zero-order valence-corrected chi connectivity index (χ0v) is 12.5. The molecule has 1 aromatic carbocycles. The monoisotopic (exact) mass is 284 g/mol. The molecule has 0 spiro atoms. The van der Waals surface area contributed by atoms with Gasteiger partial charge in [0.05, 0.1) is 5.92 Å². The number of benzene rings is 1. The van der Waals surface area contributed by atoms with Crippen molar-refractivity contribution in [1.82, 2.24) is 10.6 Å². The van der Waals surface area contributed by atoms with Crippen LogP contribution in [0.15, 0.2) is 36.5 Å². The van der Waals surface area contributed by atoms with Gasteiger partial charge in [-0.15, -0.1) is 0 Å². The highest BCUT2D eigenvalue weighted by Gasteiger charge is 2.25. The van der Waals surface area contributed by atoms with Gasteiger partial charge in [-0.1, -0.05) is 30.8 Å². The van der Waals surface area contributed by atoms with E-state index in [2.05, 4.69) is 41.5 Å². The molecule has 2 N–H and O–H groups in total. The molecule has 3 nitrogen and oxygen atoms in total. The van der Waals surface area contributed by atoms with Crippen LogP contribution in [0.3, 0.4) is 0 Å². The van der Waals surface area contributed by atoms with Gasteiger partial charge in [0, 0.05) is 5.70 Å². The third-order valence-corrected chi connectivity index (χ3v) is 4.72. The van der Waals surface area contributed by atoms with E-state index in [1.54, 1.807) is 0 Å². The summed E-state index contributed by atoms with van der Waals surface area (Å²) in [7, 11) is 0. The molecule has 2 aliphatic rings. The first-order chi connectivity index (χ1) is 10.2. The van der Waals surface area contributed by atoms with E-state index in [1.165, 1.54) is 18.4 Å². The van der Waals surface area contributed by atoms with Crippen molar-refractivity contribution in [1.29, 1.82) is 0 Å². The van der Waals surface area contributed by atoms with Crippen LogP contribution >= 0.6 is 0 Å². The van der Waals surface area contributed by atoms with E-state index >= 15 is 0 Å². The molecule has 0 saturated carbocycles. The lowest BCUT2D eigenvalue weighted by Gasteiger charge is -2.24. The van der Waals surface area contributed by atoms with E-state index in [0.29, 0.717) is 0 Å². The molecule has 112 valence electrons. The molecule has 21 heavy (non-hydrogen) atoms. The van der Waals surface area contributed by atoms with E-state index in [1.807, 2.05) is 0 Å². The highest BCUT2D eigenvalue weighted by atomic mass is 16.1. The molecule has 0 aromatic heterocycles. The lowest BCUT2D eigenvalue weighted by molar-refractivity contribution is -0.122. The first kappa shape index (κ1) is 14.3. The molecule has 0 bridgehead atoms. The van der Waals surface area contributed by atoms with Crippen LogP contribution in [0.4, 0.5) is 0 Å². The molecule has 2 aliphatic heterocycles. The van der Waals surface area contributed by atoms with Gasteiger partial charge in [0.25, 0.3) is 0 Å². The summed E-state index contributed by atoms with van der Waals surface area (Å²) in [4.78, 5) is 12.0. The average molecular weight is 284 g/mol.